The summed E-state index contributed by atoms with van der Waals surface area (Å²) in [6, 6.07) is 4.52. The van der Waals surface area contributed by atoms with E-state index in [0.717, 1.165) is 38.0 Å². The summed E-state index contributed by atoms with van der Waals surface area (Å²) >= 11 is 0. The predicted molar refractivity (Wildman–Crippen MR) is 110 cm³/mol. The van der Waals surface area contributed by atoms with Crippen molar-refractivity contribution in [1.29, 1.82) is 0 Å². The van der Waals surface area contributed by atoms with Gasteiger partial charge in [0.05, 0.1) is 11.3 Å². The average Bonchev–Trinajstić information content (AvgIpc) is 2.73. The van der Waals surface area contributed by atoms with Gasteiger partial charge in [-0.05, 0) is 37.7 Å². The van der Waals surface area contributed by atoms with E-state index in [1.54, 1.807) is 19.2 Å². The second-order valence-corrected chi connectivity index (χ2v) is 7.70. The van der Waals surface area contributed by atoms with Crippen molar-refractivity contribution in [1.82, 2.24) is 10.2 Å². The second kappa shape index (κ2) is 9.03. The number of amides is 3. The Labute approximate surface area is 170 Å². The second-order valence-electron chi connectivity index (χ2n) is 7.70. The zero-order chi connectivity index (χ0) is 21.0. The number of nitrogens with zero attached hydrogens (tertiary/aromatic N) is 2. The van der Waals surface area contributed by atoms with Gasteiger partial charge < -0.3 is 9.80 Å². The molecule has 0 spiro atoms. The van der Waals surface area contributed by atoms with Crippen molar-refractivity contribution in [2.45, 2.75) is 38.1 Å². The number of hydrogen-bond donors (Lipinski definition) is 1. The third-order valence-corrected chi connectivity index (χ3v) is 5.87. The van der Waals surface area contributed by atoms with Crippen LogP contribution in [-0.4, -0.2) is 55.1 Å². The fourth-order valence-corrected chi connectivity index (χ4v) is 4.17. The number of imide groups is 1. The molecular weight excluding hydrogens is 370 g/mol. The first kappa shape index (κ1) is 20.8. The van der Waals surface area contributed by atoms with E-state index in [0.29, 0.717) is 23.3 Å². The van der Waals surface area contributed by atoms with Crippen molar-refractivity contribution in [2.24, 2.45) is 5.92 Å². The molecule has 2 saturated heterocycles. The molecule has 1 unspecified atom stereocenters. The van der Waals surface area contributed by atoms with Crippen molar-refractivity contribution >= 4 is 29.7 Å². The molecule has 1 aromatic carbocycles. The molecule has 29 heavy (non-hydrogen) atoms. The summed E-state index contributed by atoms with van der Waals surface area (Å²) < 4.78 is 0. The van der Waals surface area contributed by atoms with Crippen LogP contribution in [0.2, 0.25) is 0 Å². The highest BCUT2D eigenvalue weighted by Gasteiger charge is 2.34. The lowest BCUT2D eigenvalue weighted by atomic mass is 9.92. The van der Waals surface area contributed by atoms with Gasteiger partial charge in [-0.1, -0.05) is 18.2 Å². The van der Waals surface area contributed by atoms with Gasteiger partial charge in [0.15, 0.2) is 6.29 Å². The maximum Gasteiger partial charge on any atom is 0.257 e. The Kier molecular flexibility index (Phi) is 6.46. The number of anilines is 1. The van der Waals surface area contributed by atoms with Crippen molar-refractivity contribution in [2.75, 3.05) is 25.0 Å². The third kappa shape index (κ3) is 4.39. The number of benzene rings is 1. The van der Waals surface area contributed by atoms with Crippen LogP contribution < -0.4 is 10.2 Å². The molecule has 7 heteroatoms. The Morgan fingerprint density at radius 2 is 2.00 bits per heavy atom. The Morgan fingerprint density at radius 3 is 2.62 bits per heavy atom. The van der Waals surface area contributed by atoms with E-state index >= 15 is 0 Å². The number of aldehydes is 1. The van der Waals surface area contributed by atoms with E-state index in [-0.39, 0.29) is 24.7 Å². The molecule has 0 aliphatic carbocycles. The molecule has 1 atom stereocenters. The average molecular weight is 397 g/mol. The SMILES string of the molecule is C=CCC1CCN(c2cccc(C=O)c2C(=O)N(C)C2CCC(=O)NC2=O)CC1. The van der Waals surface area contributed by atoms with E-state index in [1.807, 2.05) is 12.1 Å². The highest BCUT2D eigenvalue weighted by Crippen LogP contribution is 2.31. The van der Waals surface area contributed by atoms with E-state index in [4.69, 9.17) is 0 Å². The van der Waals surface area contributed by atoms with Crippen molar-refractivity contribution in [3.8, 4) is 0 Å². The molecule has 3 amide bonds. The lowest BCUT2D eigenvalue weighted by Gasteiger charge is -2.36. The maximum atomic E-state index is 13.3. The molecule has 2 aliphatic heterocycles. The van der Waals surface area contributed by atoms with Gasteiger partial charge in [0.1, 0.15) is 6.04 Å². The van der Waals surface area contributed by atoms with Crippen molar-refractivity contribution in [3.05, 3.63) is 42.0 Å². The monoisotopic (exact) mass is 397 g/mol. The van der Waals surface area contributed by atoms with Gasteiger partial charge in [0.25, 0.3) is 5.91 Å². The number of likely N-dealkylation sites (N-methyl/N-ethyl adjacent to an activating group) is 1. The lowest BCUT2D eigenvalue weighted by molar-refractivity contribution is -0.136. The summed E-state index contributed by atoms with van der Waals surface area (Å²) in [5.74, 6) is -0.607. The van der Waals surface area contributed by atoms with Crippen LogP contribution in [0.1, 0.15) is 52.8 Å². The van der Waals surface area contributed by atoms with Crippen LogP contribution >= 0.6 is 0 Å². The smallest absolute Gasteiger partial charge is 0.257 e. The van der Waals surface area contributed by atoms with Crippen LogP contribution in [0, 0.1) is 5.92 Å². The zero-order valence-electron chi connectivity index (χ0n) is 16.7. The van der Waals surface area contributed by atoms with E-state index < -0.39 is 11.9 Å². The van der Waals surface area contributed by atoms with Crippen molar-refractivity contribution < 1.29 is 19.2 Å². The standard InChI is InChI=1S/C22H27N3O4/c1-3-5-15-10-12-25(13-11-15)17-7-4-6-16(14-26)20(17)22(29)24(2)18-8-9-19(27)23-21(18)28/h3-4,6-7,14-15,18H,1,5,8-13H2,2H3,(H,23,27,28). The molecular formula is C22H27N3O4. The number of carbonyl (C=O) groups is 4. The fraction of sp³-hybridized carbons (Fsp3) is 0.455. The number of carbonyl (C=O) groups excluding carboxylic acids is 4. The zero-order valence-corrected chi connectivity index (χ0v) is 16.7. The largest absolute Gasteiger partial charge is 0.371 e. The molecule has 0 aromatic heterocycles. The van der Waals surface area contributed by atoms with Crippen LogP contribution in [0.3, 0.4) is 0 Å². The van der Waals surface area contributed by atoms with Gasteiger partial charge in [-0.3, -0.25) is 24.5 Å². The summed E-state index contributed by atoms with van der Waals surface area (Å²) in [5.41, 5.74) is 1.34. The van der Waals surface area contributed by atoms with Gasteiger partial charge in [0, 0.05) is 32.1 Å². The predicted octanol–water partition coefficient (Wildman–Crippen LogP) is 2.17. The molecule has 7 nitrogen and oxygen atoms in total. The Hall–Kier alpha value is -2.96. The highest BCUT2D eigenvalue weighted by atomic mass is 16.2. The molecule has 0 radical (unpaired) electrons. The van der Waals surface area contributed by atoms with Crippen LogP contribution in [0.25, 0.3) is 0 Å². The molecule has 1 N–H and O–H groups in total. The topological polar surface area (TPSA) is 86.8 Å². The number of nitrogens with one attached hydrogen (secondary N) is 1. The van der Waals surface area contributed by atoms with Gasteiger partial charge in [-0.2, -0.15) is 0 Å². The Balaban J connectivity index is 1.87. The number of hydrogen-bond acceptors (Lipinski definition) is 5. The molecule has 2 heterocycles. The Morgan fingerprint density at radius 1 is 1.28 bits per heavy atom. The molecule has 0 saturated carbocycles. The van der Waals surface area contributed by atoms with Crippen LogP contribution in [0.5, 0.6) is 0 Å². The minimum absolute atomic E-state index is 0.188. The number of rotatable bonds is 6. The number of piperidine rings is 2. The van der Waals surface area contributed by atoms with Crippen LogP contribution in [0.15, 0.2) is 30.9 Å². The van der Waals surface area contributed by atoms with Crippen molar-refractivity contribution in [3.63, 3.8) is 0 Å². The molecule has 154 valence electrons. The summed E-state index contributed by atoms with van der Waals surface area (Å²) in [5, 5.41) is 2.28. The Bertz CT molecular complexity index is 827. The van der Waals surface area contributed by atoms with Gasteiger partial charge in [0.2, 0.25) is 11.8 Å². The van der Waals surface area contributed by atoms with Crippen LogP contribution in [0.4, 0.5) is 5.69 Å². The maximum absolute atomic E-state index is 13.3. The molecule has 1 aromatic rings. The normalized spacial score (nSPS) is 20.2. The van der Waals surface area contributed by atoms with Gasteiger partial charge >= 0.3 is 0 Å². The van der Waals surface area contributed by atoms with Gasteiger partial charge in [-0.25, -0.2) is 0 Å². The first-order valence-corrected chi connectivity index (χ1v) is 10.0. The quantitative estimate of drug-likeness (QED) is 0.452. The highest BCUT2D eigenvalue weighted by molar-refractivity contribution is 6.09. The molecule has 2 fully saturated rings. The summed E-state index contributed by atoms with van der Waals surface area (Å²) in [7, 11) is 1.55. The minimum Gasteiger partial charge on any atom is -0.371 e. The third-order valence-electron chi connectivity index (χ3n) is 5.87. The number of allylic oxidation sites excluding steroid dienone is 1. The molecule has 2 aliphatic rings. The lowest BCUT2D eigenvalue weighted by Crippen LogP contribution is -2.53. The minimum atomic E-state index is -0.730. The molecule has 3 rings (SSSR count). The summed E-state index contributed by atoms with van der Waals surface area (Å²) in [6.07, 6.45) is 6.05. The summed E-state index contributed by atoms with van der Waals surface area (Å²) in [6.45, 7) is 5.40. The summed E-state index contributed by atoms with van der Waals surface area (Å²) in [4.78, 5) is 52.1. The first-order chi connectivity index (χ1) is 14.0. The van der Waals surface area contributed by atoms with Gasteiger partial charge in [-0.15, -0.1) is 6.58 Å². The van der Waals surface area contributed by atoms with E-state index in [9.17, 15) is 19.2 Å². The first-order valence-electron chi connectivity index (χ1n) is 10.0. The van der Waals surface area contributed by atoms with E-state index in [2.05, 4.69) is 16.8 Å². The van der Waals surface area contributed by atoms with E-state index in [1.165, 1.54) is 4.90 Å². The van der Waals surface area contributed by atoms with Crippen LogP contribution in [-0.2, 0) is 9.59 Å². The fourth-order valence-electron chi connectivity index (χ4n) is 4.17. The molecule has 0 bridgehead atoms.